The van der Waals surface area contributed by atoms with E-state index < -0.39 is 12.0 Å². The van der Waals surface area contributed by atoms with Crippen LogP contribution in [-0.4, -0.2) is 17.1 Å². The first-order valence-corrected chi connectivity index (χ1v) is 5.27. The van der Waals surface area contributed by atoms with Crippen LogP contribution in [-0.2, 0) is 4.79 Å². The van der Waals surface area contributed by atoms with Crippen molar-refractivity contribution in [2.24, 2.45) is 5.92 Å². The largest absolute Gasteiger partial charge is 0.480 e. The number of hydrogen-bond donors (Lipinski definition) is 3. The molecule has 1 aromatic rings. The van der Waals surface area contributed by atoms with Crippen LogP contribution in [0.2, 0.25) is 0 Å². The van der Waals surface area contributed by atoms with Crippen LogP contribution in [0.1, 0.15) is 19.4 Å². The summed E-state index contributed by atoms with van der Waals surface area (Å²) in [6.07, 6.45) is 0. The second-order valence-corrected chi connectivity index (χ2v) is 4.28. The topological polar surface area (TPSA) is 75.3 Å². The molecule has 4 nitrogen and oxygen atoms in total. The third kappa shape index (κ3) is 2.89. The SMILES string of the molecule is Cc1cc(NC(C(=O)O)C(C)C)ccc1N. The highest BCUT2D eigenvalue weighted by Crippen LogP contribution is 2.19. The first-order chi connectivity index (χ1) is 7.41. The smallest absolute Gasteiger partial charge is 0.326 e. The number of aryl methyl sites for hydroxylation is 1. The average Bonchev–Trinajstić information content (AvgIpc) is 2.18. The Morgan fingerprint density at radius 1 is 1.44 bits per heavy atom. The van der Waals surface area contributed by atoms with Gasteiger partial charge in [-0.15, -0.1) is 0 Å². The standard InChI is InChI=1S/C12H18N2O2/c1-7(2)11(12(15)16)14-9-4-5-10(13)8(3)6-9/h4-7,11,14H,13H2,1-3H3,(H,15,16). The van der Waals surface area contributed by atoms with Crippen molar-refractivity contribution in [2.45, 2.75) is 26.8 Å². The second kappa shape index (κ2) is 4.88. The van der Waals surface area contributed by atoms with Crippen LogP contribution in [0.4, 0.5) is 11.4 Å². The zero-order valence-electron chi connectivity index (χ0n) is 9.82. The van der Waals surface area contributed by atoms with E-state index >= 15 is 0 Å². The molecule has 88 valence electrons. The molecule has 0 aromatic heterocycles. The molecule has 16 heavy (non-hydrogen) atoms. The summed E-state index contributed by atoms with van der Waals surface area (Å²) in [5.74, 6) is -0.820. The molecular formula is C12H18N2O2. The van der Waals surface area contributed by atoms with Crippen molar-refractivity contribution in [1.82, 2.24) is 0 Å². The van der Waals surface area contributed by atoms with Gasteiger partial charge in [0.05, 0.1) is 0 Å². The van der Waals surface area contributed by atoms with Gasteiger partial charge in [-0.05, 0) is 36.6 Å². The average molecular weight is 222 g/mol. The molecule has 1 rings (SSSR count). The molecule has 0 aliphatic heterocycles. The van der Waals surface area contributed by atoms with Crippen LogP contribution in [0.3, 0.4) is 0 Å². The summed E-state index contributed by atoms with van der Waals surface area (Å²) >= 11 is 0. The van der Waals surface area contributed by atoms with Crippen molar-refractivity contribution < 1.29 is 9.90 Å². The summed E-state index contributed by atoms with van der Waals surface area (Å²) in [5.41, 5.74) is 8.13. The number of anilines is 2. The molecule has 0 saturated carbocycles. The molecule has 0 heterocycles. The van der Waals surface area contributed by atoms with Crippen molar-refractivity contribution in [1.29, 1.82) is 0 Å². The van der Waals surface area contributed by atoms with Gasteiger partial charge in [0, 0.05) is 11.4 Å². The van der Waals surface area contributed by atoms with Crippen LogP contribution < -0.4 is 11.1 Å². The highest BCUT2D eigenvalue weighted by Gasteiger charge is 2.20. The molecule has 1 unspecified atom stereocenters. The van der Waals surface area contributed by atoms with Crippen LogP contribution in [0.25, 0.3) is 0 Å². The maximum atomic E-state index is 11.0. The van der Waals surface area contributed by atoms with Crippen molar-refractivity contribution in [2.75, 3.05) is 11.1 Å². The molecule has 0 spiro atoms. The lowest BCUT2D eigenvalue weighted by molar-refractivity contribution is -0.138. The van der Waals surface area contributed by atoms with E-state index in [9.17, 15) is 4.79 Å². The lowest BCUT2D eigenvalue weighted by atomic mass is 10.0. The first kappa shape index (κ1) is 12.4. The molecule has 1 aromatic carbocycles. The van der Waals surface area contributed by atoms with E-state index in [4.69, 9.17) is 10.8 Å². The first-order valence-electron chi connectivity index (χ1n) is 5.27. The van der Waals surface area contributed by atoms with Crippen molar-refractivity contribution in [3.63, 3.8) is 0 Å². The van der Waals surface area contributed by atoms with Gasteiger partial charge in [-0.1, -0.05) is 13.8 Å². The molecule has 0 fully saturated rings. The van der Waals surface area contributed by atoms with Crippen molar-refractivity contribution >= 4 is 17.3 Å². The number of nitrogens with two attached hydrogens (primary N) is 1. The third-order valence-corrected chi connectivity index (χ3v) is 2.52. The minimum atomic E-state index is -0.843. The quantitative estimate of drug-likeness (QED) is 0.682. The number of hydrogen-bond acceptors (Lipinski definition) is 3. The highest BCUT2D eigenvalue weighted by molar-refractivity contribution is 5.78. The van der Waals surface area contributed by atoms with Crippen LogP contribution in [0.15, 0.2) is 18.2 Å². The fourth-order valence-corrected chi connectivity index (χ4v) is 1.46. The monoisotopic (exact) mass is 222 g/mol. The molecule has 1 atom stereocenters. The van der Waals surface area contributed by atoms with Gasteiger partial charge in [0.15, 0.2) is 0 Å². The Morgan fingerprint density at radius 2 is 2.06 bits per heavy atom. The number of carboxylic acid groups (broad SMARTS) is 1. The molecule has 4 heteroatoms. The fourth-order valence-electron chi connectivity index (χ4n) is 1.46. The Morgan fingerprint density at radius 3 is 2.50 bits per heavy atom. The third-order valence-electron chi connectivity index (χ3n) is 2.52. The number of carboxylic acids is 1. The molecule has 0 radical (unpaired) electrons. The number of carbonyl (C=O) groups is 1. The van der Waals surface area contributed by atoms with E-state index in [1.165, 1.54) is 0 Å². The lowest BCUT2D eigenvalue weighted by Crippen LogP contribution is -2.34. The number of nitrogen functional groups attached to an aromatic ring is 1. The summed E-state index contributed by atoms with van der Waals surface area (Å²) in [7, 11) is 0. The normalized spacial score (nSPS) is 12.5. The number of rotatable bonds is 4. The number of aliphatic carboxylic acids is 1. The fraction of sp³-hybridized carbons (Fsp3) is 0.417. The van der Waals surface area contributed by atoms with E-state index in [-0.39, 0.29) is 5.92 Å². The molecular weight excluding hydrogens is 204 g/mol. The van der Waals surface area contributed by atoms with E-state index in [1.54, 1.807) is 12.1 Å². The Kier molecular flexibility index (Phi) is 3.77. The maximum Gasteiger partial charge on any atom is 0.326 e. The van der Waals surface area contributed by atoms with E-state index in [2.05, 4.69) is 5.32 Å². The van der Waals surface area contributed by atoms with E-state index in [0.29, 0.717) is 5.69 Å². The molecule has 4 N–H and O–H groups in total. The van der Waals surface area contributed by atoms with Gasteiger partial charge in [0.2, 0.25) is 0 Å². The van der Waals surface area contributed by atoms with Crippen LogP contribution in [0.5, 0.6) is 0 Å². The van der Waals surface area contributed by atoms with Crippen molar-refractivity contribution in [3.05, 3.63) is 23.8 Å². The zero-order chi connectivity index (χ0) is 12.3. The van der Waals surface area contributed by atoms with Crippen LogP contribution in [0, 0.1) is 12.8 Å². The van der Waals surface area contributed by atoms with Crippen molar-refractivity contribution in [3.8, 4) is 0 Å². The summed E-state index contributed by atoms with van der Waals surface area (Å²) < 4.78 is 0. The summed E-state index contributed by atoms with van der Waals surface area (Å²) in [6, 6.07) is 4.84. The Labute approximate surface area is 95.5 Å². The van der Waals surface area contributed by atoms with Gasteiger partial charge in [0.1, 0.15) is 6.04 Å². The van der Waals surface area contributed by atoms with Gasteiger partial charge in [-0.2, -0.15) is 0 Å². The molecule has 0 aliphatic carbocycles. The van der Waals surface area contributed by atoms with Gasteiger partial charge in [-0.3, -0.25) is 0 Å². The predicted octanol–water partition coefficient (Wildman–Crippen LogP) is 2.10. The summed E-state index contributed by atoms with van der Waals surface area (Å²) in [5, 5.41) is 12.0. The lowest BCUT2D eigenvalue weighted by Gasteiger charge is -2.19. The Bertz CT molecular complexity index is 389. The van der Waals surface area contributed by atoms with E-state index in [0.717, 1.165) is 11.3 Å². The summed E-state index contributed by atoms with van der Waals surface area (Å²) in [4.78, 5) is 11.0. The zero-order valence-corrected chi connectivity index (χ0v) is 9.82. The molecule has 0 saturated heterocycles. The van der Waals surface area contributed by atoms with Gasteiger partial charge in [-0.25, -0.2) is 4.79 Å². The molecule has 0 bridgehead atoms. The molecule has 0 amide bonds. The van der Waals surface area contributed by atoms with Gasteiger partial charge < -0.3 is 16.2 Å². The Hall–Kier alpha value is -1.71. The summed E-state index contributed by atoms with van der Waals surface area (Å²) in [6.45, 7) is 5.64. The second-order valence-electron chi connectivity index (χ2n) is 4.28. The number of nitrogens with one attached hydrogen (secondary N) is 1. The minimum Gasteiger partial charge on any atom is -0.480 e. The molecule has 0 aliphatic rings. The maximum absolute atomic E-state index is 11.0. The Balaban J connectivity index is 2.86. The van der Waals surface area contributed by atoms with Crippen LogP contribution >= 0.6 is 0 Å². The predicted molar refractivity (Wildman–Crippen MR) is 65.5 cm³/mol. The minimum absolute atomic E-state index is 0.0235. The van der Waals surface area contributed by atoms with Gasteiger partial charge in [0.25, 0.3) is 0 Å². The van der Waals surface area contributed by atoms with Gasteiger partial charge >= 0.3 is 5.97 Å². The highest BCUT2D eigenvalue weighted by atomic mass is 16.4. The van der Waals surface area contributed by atoms with E-state index in [1.807, 2.05) is 26.8 Å². The number of benzene rings is 1.